The van der Waals surface area contributed by atoms with Crippen molar-refractivity contribution in [3.8, 4) is 0 Å². The number of hydrogen-bond acceptors (Lipinski definition) is 11. The topological polar surface area (TPSA) is 250 Å². The maximum absolute atomic E-state index is 14.7. The van der Waals surface area contributed by atoms with E-state index in [9.17, 15) is 37.3 Å². The van der Waals surface area contributed by atoms with Gasteiger partial charge in [0.05, 0.1) is 18.7 Å². The van der Waals surface area contributed by atoms with Crippen LogP contribution in [0, 0.1) is 5.82 Å². The number of aliphatic hydroxyl groups excluding tert-OH is 1. The number of aliphatic hydroxyl groups is 1. The number of nitrogens with two attached hydrogens (primary N) is 1. The monoisotopic (exact) mass is 551 g/mol. The molecule has 0 bridgehead atoms. The van der Waals surface area contributed by atoms with Crippen LogP contribution in [0.2, 0.25) is 0 Å². The van der Waals surface area contributed by atoms with Gasteiger partial charge in [0.25, 0.3) is 0 Å². The van der Waals surface area contributed by atoms with E-state index in [2.05, 4.69) is 18.1 Å². The molecule has 7 N–H and O–H groups in total. The highest BCUT2D eigenvalue weighted by Crippen LogP contribution is 2.66. The lowest BCUT2D eigenvalue weighted by Gasteiger charge is -2.29. The second-order valence-corrected chi connectivity index (χ2v) is 10.8. The van der Waals surface area contributed by atoms with Crippen molar-refractivity contribution in [3.05, 3.63) is 22.5 Å². The van der Waals surface area contributed by atoms with Crippen molar-refractivity contribution in [2.45, 2.75) is 24.1 Å². The van der Waals surface area contributed by atoms with E-state index in [0.717, 1.165) is 0 Å². The van der Waals surface area contributed by atoms with E-state index in [4.69, 9.17) is 36.8 Å². The number of nitrogens with zero attached hydrogens (tertiary/aromatic N) is 2. The SMILES string of the molecule is Nc1nc(=O)n(C2OC(CCl)(COP(=O)(O)OP(=O)(O)OP(=O)(O)O)C(O)C2F)cc1F. The summed E-state index contributed by atoms with van der Waals surface area (Å²) in [5.74, 6) is -2.93. The number of anilines is 1. The van der Waals surface area contributed by atoms with E-state index in [1.165, 1.54) is 0 Å². The lowest BCUT2D eigenvalue weighted by Crippen LogP contribution is -2.47. The lowest BCUT2D eigenvalue weighted by atomic mass is 9.99. The van der Waals surface area contributed by atoms with Gasteiger partial charge in [-0.05, 0) is 0 Å². The summed E-state index contributed by atoms with van der Waals surface area (Å²) in [6, 6.07) is 0. The molecule has 1 aliphatic heterocycles. The third-order valence-electron chi connectivity index (χ3n) is 3.79. The molecule has 6 unspecified atom stereocenters. The summed E-state index contributed by atoms with van der Waals surface area (Å²) < 4.78 is 78.9. The molecule has 6 atom stereocenters. The summed E-state index contributed by atoms with van der Waals surface area (Å²) in [7, 11) is -17.2. The molecule has 0 aliphatic carbocycles. The summed E-state index contributed by atoms with van der Waals surface area (Å²) >= 11 is 5.65. The van der Waals surface area contributed by atoms with E-state index in [0.29, 0.717) is 6.20 Å². The molecule has 1 aromatic rings. The molecule has 0 saturated carbocycles. The zero-order valence-corrected chi connectivity index (χ0v) is 18.6. The molecule has 2 rings (SSSR count). The Hall–Kier alpha value is -0.840. The zero-order valence-electron chi connectivity index (χ0n) is 15.2. The third-order valence-corrected chi connectivity index (χ3v) is 8.03. The molecule has 0 spiro atoms. The molecule has 1 aromatic heterocycles. The van der Waals surface area contributed by atoms with Gasteiger partial charge in [-0.25, -0.2) is 27.3 Å². The first-order chi connectivity index (χ1) is 14.4. The van der Waals surface area contributed by atoms with Crippen LogP contribution in [0.3, 0.4) is 0 Å². The van der Waals surface area contributed by atoms with Crippen LogP contribution in [-0.2, 0) is 31.6 Å². The second kappa shape index (κ2) is 9.43. The molecule has 1 fully saturated rings. The molecule has 16 nitrogen and oxygen atoms in total. The van der Waals surface area contributed by atoms with Crippen molar-refractivity contribution in [1.82, 2.24) is 9.55 Å². The average Bonchev–Trinajstić information content (AvgIpc) is 2.85. The van der Waals surface area contributed by atoms with Gasteiger partial charge in [0, 0.05) is 0 Å². The summed E-state index contributed by atoms with van der Waals surface area (Å²) in [5, 5.41) is 10.2. The Morgan fingerprint density at radius 3 is 2.38 bits per heavy atom. The van der Waals surface area contributed by atoms with Crippen LogP contribution in [0.25, 0.3) is 0 Å². The van der Waals surface area contributed by atoms with E-state index >= 15 is 0 Å². The van der Waals surface area contributed by atoms with Gasteiger partial charge in [0.2, 0.25) is 0 Å². The number of hydrogen-bond donors (Lipinski definition) is 6. The summed E-state index contributed by atoms with van der Waals surface area (Å²) in [4.78, 5) is 50.5. The Labute approximate surface area is 180 Å². The number of rotatable bonds is 9. The average molecular weight is 552 g/mol. The highest BCUT2D eigenvalue weighted by molar-refractivity contribution is 7.66. The van der Waals surface area contributed by atoms with Crippen molar-refractivity contribution in [1.29, 1.82) is 0 Å². The van der Waals surface area contributed by atoms with Crippen molar-refractivity contribution in [3.63, 3.8) is 0 Å². The van der Waals surface area contributed by atoms with Gasteiger partial charge in [-0.1, -0.05) is 0 Å². The maximum Gasteiger partial charge on any atom is 0.490 e. The molecule has 1 aliphatic rings. The van der Waals surface area contributed by atoms with Gasteiger partial charge < -0.3 is 35.2 Å². The Bertz CT molecular complexity index is 1070. The molecular weight excluding hydrogens is 536 g/mol. The molecule has 0 amide bonds. The summed E-state index contributed by atoms with van der Waals surface area (Å²) in [6.45, 7) is -1.34. The Morgan fingerprint density at radius 2 is 1.84 bits per heavy atom. The van der Waals surface area contributed by atoms with Crippen LogP contribution in [0.5, 0.6) is 0 Å². The highest BCUT2D eigenvalue weighted by Gasteiger charge is 2.57. The predicted octanol–water partition coefficient (Wildman–Crippen LogP) is -0.487. The van der Waals surface area contributed by atoms with Gasteiger partial charge >= 0.3 is 29.2 Å². The first-order valence-electron chi connectivity index (χ1n) is 7.80. The summed E-state index contributed by atoms with van der Waals surface area (Å²) in [6.07, 6.45) is -6.42. The molecular formula is C10H15ClF2N3O13P3. The molecule has 0 radical (unpaired) electrons. The highest BCUT2D eigenvalue weighted by atomic mass is 35.5. The van der Waals surface area contributed by atoms with E-state index in [1.54, 1.807) is 0 Å². The summed E-state index contributed by atoms with van der Waals surface area (Å²) in [5.41, 5.74) is 1.42. The standard InChI is InChI=1S/C10H15ClF2N3O13P3/c11-2-10(3-26-31(22,23)29-32(24,25)28-30(19,20)21)6(17)5(13)8(27-10)16-1-4(12)7(14)15-9(16)18/h1,5-6,8,17H,2-3H2,(H,22,23)(H,24,25)(H2,14,15,18)(H2,19,20,21). The van der Waals surface area contributed by atoms with Gasteiger partial charge in [0.1, 0.15) is 11.7 Å². The molecule has 0 aromatic carbocycles. The van der Waals surface area contributed by atoms with Crippen molar-refractivity contribution in [2.24, 2.45) is 0 Å². The lowest BCUT2D eigenvalue weighted by molar-refractivity contribution is -0.113. The van der Waals surface area contributed by atoms with Gasteiger partial charge in [0.15, 0.2) is 24.0 Å². The normalized spacial score (nSPS) is 30.1. The smallest absolute Gasteiger partial charge is 0.387 e. The maximum atomic E-state index is 14.7. The van der Waals surface area contributed by atoms with Gasteiger partial charge in [-0.15, -0.1) is 11.6 Å². The molecule has 2 heterocycles. The van der Waals surface area contributed by atoms with Crippen LogP contribution in [0.4, 0.5) is 14.6 Å². The number of ether oxygens (including phenoxy) is 1. The fraction of sp³-hybridized carbons (Fsp3) is 0.600. The Balaban J connectivity index is 2.24. The van der Waals surface area contributed by atoms with Crippen molar-refractivity contribution >= 4 is 40.9 Å². The first kappa shape index (κ1) is 27.4. The molecule has 22 heteroatoms. The molecule has 32 heavy (non-hydrogen) atoms. The number of phosphoric ester groups is 1. The largest absolute Gasteiger partial charge is 0.490 e. The Morgan fingerprint density at radius 1 is 1.25 bits per heavy atom. The van der Waals surface area contributed by atoms with Gasteiger partial charge in [-0.3, -0.25) is 9.09 Å². The minimum Gasteiger partial charge on any atom is -0.387 e. The number of phosphoric acid groups is 3. The molecule has 1 saturated heterocycles. The fourth-order valence-electron chi connectivity index (χ4n) is 2.43. The quantitative estimate of drug-likeness (QED) is 0.167. The number of halogens is 3. The number of nitrogen functional groups attached to an aromatic ring is 1. The minimum atomic E-state index is -5.85. The third kappa shape index (κ3) is 6.39. The van der Waals surface area contributed by atoms with Crippen LogP contribution >= 0.6 is 35.1 Å². The Kier molecular flexibility index (Phi) is 8.07. The number of aromatic nitrogens is 2. The van der Waals surface area contributed by atoms with E-state index in [-0.39, 0.29) is 4.57 Å². The first-order valence-corrected chi connectivity index (χ1v) is 12.9. The molecule has 184 valence electrons. The van der Waals surface area contributed by atoms with Crippen molar-refractivity contribution < 1.29 is 65.0 Å². The predicted molar refractivity (Wildman–Crippen MR) is 97.2 cm³/mol. The van der Waals surface area contributed by atoms with E-state index < -0.39 is 77.4 Å². The van der Waals surface area contributed by atoms with E-state index in [1.807, 2.05) is 0 Å². The van der Waals surface area contributed by atoms with Crippen LogP contribution in [-0.4, -0.2) is 64.6 Å². The fourth-order valence-corrected chi connectivity index (χ4v) is 5.81. The minimum absolute atomic E-state index is 0.276. The zero-order chi connectivity index (χ0) is 24.7. The van der Waals surface area contributed by atoms with Crippen molar-refractivity contribution in [2.75, 3.05) is 18.2 Å². The second-order valence-electron chi connectivity index (χ2n) is 6.12. The van der Waals surface area contributed by atoms with Gasteiger partial charge in [-0.2, -0.15) is 13.6 Å². The van der Waals surface area contributed by atoms with Crippen LogP contribution < -0.4 is 11.4 Å². The van der Waals surface area contributed by atoms with Crippen LogP contribution in [0.1, 0.15) is 6.23 Å². The van der Waals surface area contributed by atoms with Crippen LogP contribution in [0.15, 0.2) is 11.0 Å². The number of alkyl halides is 2.